The molecule has 3 nitrogen and oxygen atoms in total. The van der Waals surface area contributed by atoms with Crippen molar-refractivity contribution < 1.29 is 17.2 Å². The maximum absolute atomic E-state index is 12.3. The van der Waals surface area contributed by atoms with Crippen molar-refractivity contribution in [3.8, 4) is 0 Å². The third kappa shape index (κ3) is 4.16. The van der Waals surface area contributed by atoms with Crippen LogP contribution in [0.4, 0.5) is 14.5 Å². The third-order valence-electron chi connectivity index (χ3n) is 3.18. The van der Waals surface area contributed by atoms with Crippen LogP contribution in [0.2, 0.25) is 0 Å². The fourth-order valence-electron chi connectivity index (χ4n) is 1.38. The summed E-state index contributed by atoms with van der Waals surface area (Å²) in [5.41, 5.74) is 0.723. The Morgan fingerprint density at radius 1 is 1.11 bits per heavy atom. The van der Waals surface area contributed by atoms with Gasteiger partial charge in [0.2, 0.25) is 9.84 Å². The van der Waals surface area contributed by atoms with Crippen molar-refractivity contribution in [1.29, 1.82) is 0 Å². The quantitative estimate of drug-likeness (QED) is 0.874. The average Bonchev–Trinajstić information content (AvgIpc) is 2.36. The summed E-state index contributed by atoms with van der Waals surface area (Å²) in [5.74, 6) is -2.39. The van der Waals surface area contributed by atoms with Gasteiger partial charge in [0.15, 0.2) is 0 Å². The van der Waals surface area contributed by atoms with Gasteiger partial charge in [0.1, 0.15) is 0 Å². The smallest absolute Gasteiger partial charge is 0.341 e. The minimum atomic E-state index is -4.50. The number of hydrogen-bond acceptors (Lipinski definition) is 3. The summed E-state index contributed by atoms with van der Waals surface area (Å²) in [4.78, 5) is -0.357. The lowest BCUT2D eigenvalue weighted by Gasteiger charge is -2.17. The van der Waals surface area contributed by atoms with Crippen LogP contribution >= 0.6 is 0 Å². The van der Waals surface area contributed by atoms with Crippen LogP contribution in [-0.2, 0) is 9.84 Å². The molecule has 0 spiro atoms. The molecule has 0 aliphatic heterocycles. The van der Waals surface area contributed by atoms with E-state index in [2.05, 4.69) is 26.1 Å². The lowest BCUT2D eigenvalue weighted by Crippen LogP contribution is -2.16. The first kappa shape index (κ1) is 15.9. The predicted molar refractivity (Wildman–Crippen MR) is 72.1 cm³/mol. The molecule has 0 fully saturated rings. The summed E-state index contributed by atoms with van der Waals surface area (Å²) >= 11 is 0. The van der Waals surface area contributed by atoms with Gasteiger partial charge in [0.05, 0.1) is 4.90 Å². The number of hydrogen-bond donors (Lipinski definition) is 1. The summed E-state index contributed by atoms with van der Waals surface area (Å²) in [6.07, 6.45) is 0. The molecular weight excluding hydrogens is 272 g/mol. The Bertz CT molecular complexity index is 498. The molecule has 1 aromatic rings. The molecule has 0 aliphatic rings. The highest BCUT2D eigenvalue weighted by Gasteiger charge is 2.26. The van der Waals surface area contributed by atoms with E-state index in [0.29, 0.717) is 11.8 Å². The summed E-state index contributed by atoms with van der Waals surface area (Å²) in [6.45, 7) is 7.08. The highest BCUT2D eigenvalue weighted by Crippen LogP contribution is 2.20. The zero-order chi connectivity index (χ0) is 14.6. The van der Waals surface area contributed by atoms with Crippen LogP contribution in [0.3, 0.4) is 0 Å². The van der Waals surface area contributed by atoms with Crippen molar-refractivity contribution in [2.24, 2.45) is 11.8 Å². The first-order valence-electron chi connectivity index (χ1n) is 6.11. The van der Waals surface area contributed by atoms with Gasteiger partial charge in [-0.05, 0) is 36.1 Å². The van der Waals surface area contributed by atoms with Gasteiger partial charge in [-0.1, -0.05) is 20.8 Å². The topological polar surface area (TPSA) is 46.2 Å². The Labute approximate surface area is 112 Å². The molecule has 0 amide bonds. The second kappa shape index (κ2) is 6.32. The normalized spacial score (nSPS) is 13.8. The molecule has 1 aromatic carbocycles. The van der Waals surface area contributed by atoms with E-state index < -0.39 is 15.6 Å². The molecule has 0 saturated carbocycles. The molecule has 0 radical (unpaired) electrons. The Balaban J connectivity index is 2.73. The molecular formula is C13H19F2NO2S. The molecule has 6 heteroatoms. The van der Waals surface area contributed by atoms with Crippen molar-refractivity contribution in [2.75, 3.05) is 11.9 Å². The van der Waals surface area contributed by atoms with Crippen LogP contribution in [0.1, 0.15) is 20.8 Å². The van der Waals surface area contributed by atoms with Gasteiger partial charge in [-0.2, -0.15) is 8.78 Å². The van der Waals surface area contributed by atoms with Crippen LogP contribution in [0, 0.1) is 11.8 Å². The summed E-state index contributed by atoms with van der Waals surface area (Å²) in [5, 5.41) is 3.15. The molecule has 0 aliphatic carbocycles. The van der Waals surface area contributed by atoms with E-state index in [0.717, 1.165) is 12.2 Å². The minimum absolute atomic E-state index is 0.357. The van der Waals surface area contributed by atoms with E-state index in [-0.39, 0.29) is 4.90 Å². The molecule has 0 bridgehead atoms. The molecule has 1 rings (SSSR count). The van der Waals surface area contributed by atoms with Crippen molar-refractivity contribution in [2.45, 2.75) is 31.4 Å². The predicted octanol–water partition coefficient (Wildman–Crippen LogP) is 3.39. The molecule has 19 heavy (non-hydrogen) atoms. The number of benzene rings is 1. The standard InChI is InChI=1S/C13H19F2NO2S/c1-9(2)10(3)8-16-11-4-6-12(7-5-11)19(17,18)13(14)15/h4-7,9-10,13,16H,8H2,1-3H3. The summed E-state index contributed by atoms with van der Waals surface area (Å²) in [7, 11) is -4.50. The Hall–Kier alpha value is -1.17. The molecule has 0 saturated heterocycles. The van der Waals surface area contributed by atoms with Crippen molar-refractivity contribution >= 4 is 15.5 Å². The van der Waals surface area contributed by atoms with Gasteiger partial charge in [-0.3, -0.25) is 0 Å². The van der Waals surface area contributed by atoms with Gasteiger partial charge in [-0.25, -0.2) is 8.42 Å². The number of anilines is 1. The lowest BCUT2D eigenvalue weighted by atomic mass is 9.98. The lowest BCUT2D eigenvalue weighted by molar-refractivity contribution is 0.234. The molecule has 0 aromatic heterocycles. The van der Waals surface area contributed by atoms with Gasteiger partial charge >= 0.3 is 5.76 Å². The van der Waals surface area contributed by atoms with E-state index in [1.807, 2.05) is 0 Å². The first-order valence-corrected chi connectivity index (χ1v) is 7.65. The zero-order valence-electron chi connectivity index (χ0n) is 11.2. The maximum Gasteiger partial charge on any atom is 0.341 e. The summed E-state index contributed by atoms with van der Waals surface area (Å²) in [6, 6.07) is 5.40. The monoisotopic (exact) mass is 291 g/mol. The SMILES string of the molecule is CC(C)C(C)CNc1ccc(S(=O)(=O)C(F)F)cc1. The number of rotatable bonds is 6. The average molecular weight is 291 g/mol. The number of sulfone groups is 1. The summed E-state index contributed by atoms with van der Waals surface area (Å²) < 4.78 is 47.1. The number of halogens is 2. The van der Waals surface area contributed by atoms with E-state index in [1.54, 1.807) is 0 Å². The van der Waals surface area contributed by atoms with E-state index >= 15 is 0 Å². The van der Waals surface area contributed by atoms with E-state index in [9.17, 15) is 17.2 Å². The van der Waals surface area contributed by atoms with Gasteiger partial charge in [0, 0.05) is 12.2 Å². The molecule has 108 valence electrons. The molecule has 1 unspecified atom stereocenters. The zero-order valence-corrected chi connectivity index (χ0v) is 12.0. The third-order valence-corrected chi connectivity index (χ3v) is 4.58. The number of alkyl halides is 2. The van der Waals surface area contributed by atoms with E-state index in [4.69, 9.17) is 0 Å². The second-order valence-electron chi connectivity index (χ2n) is 4.93. The molecule has 1 N–H and O–H groups in total. The van der Waals surface area contributed by atoms with Crippen LogP contribution in [-0.4, -0.2) is 20.7 Å². The van der Waals surface area contributed by atoms with Crippen molar-refractivity contribution in [3.05, 3.63) is 24.3 Å². The van der Waals surface area contributed by atoms with Crippen LogP contribution in [0.5, 0.6) is 0 Å². The van der Waals surface area contributed by atoms with Crippen molar-refractivity contribution in [3.63, 3.8) is 0 Å². The first-order chi connectivity index (χ1) is 8.75. The second-order valence-corrected chi connectivity index (χ2v) is 6.85. The Morgan fingerprint density at radius 2 is 1.63 bits per heavy atom. The number of nitrogens with one attached hydrogen (secondary N) is 1. The maximum atomic E-state index is 12.3. The highest BCUT2D eigenvalue weighted by molar-refractivity contribution is 7.91. The largest absolute Gasteiger partial charge is 0.385 e. The Morgan fingerprint density at radius 3 is 2.05 bits per heavy atom. The van der Waals surface area contributed by atoms with Crippen molar-refractivity contribution in [1.82, 2.24) is 0 Å². The Kier molecular flexibility index (Phi) is 5.29. The molecule has 1 atom stereocenters. The highest BCUT2D eigenvalue weighted by atomic mass is 32.2. The minimum Gasteiger partial charge on any atom is -0.385 e. The fraction of sp³-hybridized carbons (Fsp3) is 0.538. The van der Waals surface area contributed by atoms with Gasteiger partial charge < -0.3 is 5.32 Å². The van der Waals surface area contributed by atoms with Crippen LogP contribution < -0.4 is 5.32 Å². The van der Waals surface area contributed by atoms with Crippen LogP contribution in [0.15, 0.2) is 29.2 Å². The van der Waals surface area contributed by atoms with E-state index in [1.165, 1.54) is 24.3 Å². The van der Waals surface area contributed by atoms with Crippen LogP contribution in [0.25, 0.3) is 0 Å². The van der Waals surface area contributed by atoms with Gasteiger partial charge in [0.25, 0.3) is 0 Å². The fourth-order valence-corrected chi connectivity index (χ4v) is 2.10. The molecule has 0 heterocycles. The van der Waals surface area contributed by atoms with Gasteiger partial charge in [-0.15, -0.1) is 0 Å².